The Balaban J connectivity index is 1.92. The van der Waals surface area contributed by atoms with Crippen LogP contribution in [0, 0.1) is 0 Å². The Hall–Kier alpha value is -3.47. The fraction of sp³-hybridized carbons (Fsp3) is 0. The Morgan fingerprint density at radius 3 is 1.92 bits per heavy atom. The van der Waals surface area contributed by atoms with Gasteiger partial charge in [0.1, 0.15) is 17.1 Å². The van der Waals surface area contributed by atoms with Gasteiger partial charge in [-0.05, 0) is 0 Å². The molecular weight excluding hydrogens is 298 g/mol. The van der Waals surface area contributed by atoms with Crippen LogP contribution in [0.2, 0.25) is 0 Å². The summed E-state index contributed by atoms with van der Waals surface area (Å²) in [5, 5.41) is 8.67. The highest BCUT2D eigenvalue weighted by Gasteiger charge is 2.14. The number of benzene rings is 2. The van der Waals surface area contributed by atoms with E-state index < -0.39 is 0 Å². The minimum absolute atomic E-state index is 0.460. The zero-order valence-electron chi connectivity index (χ0n) is 12.7. The molecule has 4 aromatic rings. The van der Waals surface area contributed by atoms with E-state index in [2.05, 4.69) is 20.2 Å². The lowest BCUT2D eigenvalue weighted by Gasteiger charge is -2.09. The van der Waals surface area contributed by atoms with Crippen LogP contribution in [0.25, 0.3) is 34.0 Å². The Labute approximate surface area is 139 Å². The first-order valence-electron chi connectivity index (χ1n) is 7.54. The first kappa shape index (κ1) is 14.1. The highest BCUT2D eigenvalue weighted by Crippen LogP contribution is 2.29. The molecule has 2 aromatic carbocycles. The minimum atomic E-state index is 0.460. The molecular formula is C19H13N5. The second-order valence-electron chi connectivity index (χ2n) is 5.16. The van der Waals surface area contributed by atoms with Gasteiger partial charge in [-0.25, -0.2) is 9.97 Å². The van der Waals surface area contributed by atoms with Gasteiger partial charge in [0.2, 0.25) is 5.82 Å². The van der Waals surface area contributed by atoms with Crippen molar-refractivity contribution in [2.24, 2.45) is 0 Å². The van der Waals surface area contributed by atoms with Crippen molar-refractivity contribution in [1.29, 1.82) is 0 Å². The summed E-state index contributed by atoms with van der Waals surface area (Å²) < 4.78 is 0. The van der Waals surface area contributed by atoms with Crippen molar-refractivity contribution in [3.63, 3.8) is 0 Å². The molecule has 0 saturated heterocycles. The van der Waals surface area contributed by atoms with E-state index in [0.29, 0.717) is 11.5 Å². The average molecular weight is 311 g/mol. The van der Waals surface area contributed by atoms with Crippen LogP contribution in [0.5, 0.6) is 0 Å². The highest BCUT2D eigenvalue weighted by atomic mass is 15.2. The van der Waals surface area contributed by atoms with Crippen molar-refractivity contribution in [2.45, 2.75) is 0 Å². The van der Waals surface area contributed by atoms with E-state index in [1.165, 1.54) is 0 Å². The molecule has 24 heavy (non-hydrogen) atoms. The van der Waals surface area contributed by atoms with Crippen LogP contribution in [0.3, 0.4) is 0 Å². The van der Waals surface area contributed by atoms with Crippen LogP contribution < -0.4 is 0 Å². The monoisotopic (exact) mass is 311 g/mol. The largest absolute Gasteiger partial charge is 0.261 e. The van der Waals surface area contributed by atoms with E-state index >= 15 is 0 Å². The molecule has 0 radical (unpaired) electrons. The average Bonchev–Trinajstić information content (AvgIpc) is 2.69. The summed E-state index contributed by atoms with van der Waals surface area (Å²) in [6.07, 6.45) is 4.87. The molecule has 4 rings (SSSR count). The van der Waals surface area contributed by atoms with Crippen molar-refractivity contribution in [3.8, 4) is 34.0 Å². The number of aromatic nitrogens is 5. The summed E-state index contributed by atoms with van der Waals surface area (Å²) >= 11 is 0. The maximum Gasteiger partial charge on any atom is 0.202 e. The smallest absolute Gasteiger partial charge is 0.202 e. The summed E-state index contributed by atoms with van der Waals surface area (Å²) in [5.74, 6) is 0.460. The maximum absolute atomic E-state index is 4.71. The highest BCUT2D eigenvalue weighted by molar-refractivity contribution is 5.78. The molecule has 5 heteroatoms. The van der Waals surface area contributed by atoms with E-state index in [1.54, 1.807) is 18.6 Å². The number of hydrogen-bond donors (Lipinski definition) is 0. The van der Waals surface area contributed by atoms with Gasteiger partial charge in [0.15, 0.2) is 0 Å². The zero-order chi connectivity index (χ0) is 16.2. The molecule has 0 N–H and O–H groups in total. The van der Waals surface area contributed by atoms with Crippen molar-refractivity contribution < 1.29 is 0 Å². The van der Waals surface area contributed by atoms with E-state index in [-0.39, 0.29) is 0 Å². The Morgan fingerprint density at radius 2 is 1.29 bits per heavy atom. The van der Waals surface area contributed by atoms with E-state index in [4.69, 9.17) is 4.98 Å². The van der Waals surface area contributed by atoms with Gasteiger partial charge in [-0.1, -0.05) is 60.7 Å². The van der Waals surface area contributed by atoms with Gasteiger partial charge in [0.05, 0.1) is 6.20 Å². The molecule has 0 atom stereocenters. The fourth-order valence-corrected chi connectivity index (χ4v) is 2.44. The molecule has 0 saturated carbocycles. The standard InChI is InChI=1S/C19H13N5/c1-3-7-14(8-4-1)17-18(15-9-5-2-6-10-15)23-24-19(22-17)16-13-20-11-12-21-16/h1-13H. The van der Waals surface area contributed by atoms with Gasteiger partial charge >= 0.3 is 0 Å². The maximum atomic E-state index is 4.71. The van der Waals surface area contributed by atoms with Crippen LogP contribution in [-0.2, 0) is 0 Å². The molecule has 0 aliphatic heterocycles. The van der Waals surface area contributed by atoms with E-state index in [9.17, 15) is 0 Å². The van der Waals surface area contributed by atoms with Gasteiger partial charge < -0.3 is 0 Å². The lowest BCUT2D eigenvalue weighted by Crippen LogP contribution is -2.01. The first-order valence-corrected chi connectivity index (χ1v) is 7.54. The number of rotatable bonds is 3. The number of hydrogen-bond acceptors (Lipinski definition) is 5. The summed E-state index contributed by atoms with van der Waals surface area (Å²) in [6, 6.07) is 19.9. The molecule has 114 valence electrons. The van der Waals surface area contributed by atoms with Gasteiger partial charge in [0.25, 0.3) is 0 Å². The molecule has 0 aliphatic rings. The molecule has 0 aliphatic carbocycles. The topological polar surface area (TPSA) is 64.5 Å². The first-order chi connectivity index (χ1) is 11.9. The second-order valence-corrected chi connectivity index (χ2v) is 5.16. The molecule has 5 nitrogen and oxygen atoms in total. The molecule has 0 bridgehead atoms. The predicted octanol–water partition coefficient (Wildman–Crippen LogP) is 3.66. The van der Waals surface area contributed by atoms with Crippen molar-refractivity contribution in [1.82, 2.24) is 25.1 Å². The third-order valence-electron chi connectivity index (χ3n) is 3.57. The van der Waals surface area contributed by atoms with Crippen molar-refractivity contribution in [3.05, 3.63) is 79.3 Å². The van der Waals surface area contributed by atoms with Gasteiger partial charge in [-0.15, -0.1) is 10.2 Å². The zero-order valence-corrected chi connectivity index (χ0v) is 12.7. The fourth-order valence-electron chi connectivity index (χ4n) is 2.44. The Bertz CT molecular complexity index is 941. The van der Waals surface area contributed by atoms with Crippen LogP contribution >= 0.6 is 0 Å². The van der Waals surface area contributed by atoms with Crippen molar-refractivity contribution >= 4 is 0 Å². The third-order valence-corrected chi connectivity index (χ3v) is 3.57. The molecule has 0 fully saturated rings. The van der Waals surface area contributed by atoms with Crippen LogP contribution in [0.4, 0.5) is 0 Å². The van der Waals surface area contributed by atoms with Gasteiger partial charge in [-0.3, -0.25) is 4.98 Å². The van der Waals surface area contributed by atoms with Gasteiger partial charge in [0, 0.05) is 23.5 Å². The second kappa shape index (κ2) is 6.34. The molecule has 2 aromatic heterocycles. The van der Waals surface area contributed by atoms with Gasteiger partial charge in [-0.2, -0.15) is 0 Å². The number of nitrogens with zero attached hydrogens (tertiary/aromatic N) is 5. The Morgan fingerprint density at radius 1 is 0.625 bits per heavy atom. The molecule has 0 spiro atoms. The summed E-state index contributed by atoms with van der Waals surface area (Å²) in [5.41, 5.74) is 4.08. The van der Waals surface area contributed by atoms with E-state index in [1.807, 2.05) is 60.7 Å². The third kappa shape index (κ3) is 2.75. The van der Waals surface area contributed by atoms with Crippen LogP contribution in [-0.4, -0.2) is 25.1 Å². The normalized spacial score (nSPS) is 10.5. The minimum Gasteiger partial charge on any atom is -0.261 e. The van der Waals surface area contributed by atoms with Crippen LogP contribution in [0.1, 0.15) is 0 Å². The lowest BCUT2D eigenvalue weighted by atomic mass is 10.0. The summed E-state index contributed by atoms with van der Waals surface area (Å²) in [4.78, 5) is 13.0. The van der Waals surface area contributed by atoms with Crippen LogP contribution in [0.15, 0.2) is 79.3 Å². The summed E-state index contributed by atoms with van der Waals surface area (Å²) in [7, 11) is 0. The molecule has 2 heterocycles. The quantitative estimate of drug-likeness (QED) is 0.577. The van der Waals surface area contributed by atoms with Crippen molar-refractivity contribution in [2.75, 3.05) is 0 Å². The van der Waals surface area contributed by atoms with E-state index in [0.717, 1.165) is 22.5 Å². The molecule has 0 unspecified atom stereocenters. The Kier molecular flexibility index (Phi) is 3.73. The molecule has 0 amide bonds. The lowest BCUT2D eigenvalue weighted by molar-refractivity contribution is 0.977. The summed E-state index contributed by atoms with van der Waals surface area (Å²) in [6.45, 7) is 0. The SMILES string of the molecule is c1ccc(-c2nnc(-c3cnccn3)nc2-c2ccccc2)cc1. The predicted molar refractivity (Wildman–Crippen MR) is 91.7 cm³/mol.